The average molecular weight is 544 g/mol. The van der Waals surface area contributed by atoms with Crippen LogP contribution >= 0.6 is 0 Å². The van der Waals surface area contributed by atoms with Crippen LogP contribution in [0.15, 0.2) is 77.4 Å². The van der Waals surface area contributed by atoms with Crippen LogP contribution < -0.4 is 24.5 Å². The monoisotopic (exact) mass is 543 g/mol. The Labute approximate surface area is 231 Å². The summed E-state index contributed by atoms with van der Waals surface area (Å²) in [5.74, 6) is -0.204. The Morgan fingerprint density at radius 1 is 0.925 bits per heavy atom. The molecule has 0 spiro atoms. The number of hydrazone groups is 1. The van der Waals surface area contributed by atoms with Crippen molar-refractivity contribution < 1.29 is 33.7 Å². The van der Waals surface area contributed by atoms with Crippen LogP contribution in [0.3, 0.4) is 0 Å². The number of hydrogen-bond donors (Lipinski definition) is 2. The number of anilines is 2. The summed E-state index contributed by atoms with van der Waals surface area (Å²) in [5.41, 5.74) is 2.76. The third-order valence-corrected chi connectivity index (χ3v) is 5.81. The molecule has 1 aliphatic heterocycles. The Bertz CT molecular complexity index is 1460. The highest BCUT2D eigenvalue weighted by Gasteiger charge is 2.29. The summed E-state index contributed by atoms with van der Waals surface area (Å²) in [6.07, 6.45) is 1.69. The van der Waals surface area contributed by atoms with Crippen molar-refractivity contribution in [2.24, 2.45) is 5.10 Å². The molecular formula is C30H29N3O7. The van der Waals surface area contributed by atoms with E-state index in [0.29, 0.717) is 52.9 Å². The van der Waals surface area contributed by atoms with Crippen molar-refractivity contribution >= 4 is 40.9 Å². The number of ether oxygens (including phenoxy) is 3. The summed E-state index contributed by atoms with van der Waals surface area (Å²) in [4.78, 5) is 36.7. The summed E-state index contributed by atoms with van der Waals surface area (Å²) < 4.78 is 16.9. The largest absolute Gasteiger partial charge is 0.494 e. The van der Waals surface area contributed by atoms with Gasteiger partial charge in [-0.25, -0.2) is 4.79 Å². The molecule has 0 bridgehead atoms. The van der Waals surface area contributed by atoms with Gasteiger partial charge in [-0.05, 0) is 93.1 Å². The van der Waals surface area contributed by atoms with E-state index in [9.17, 15) is 14.4 Å². The Morgan fingerprint density at radius 3 is 2.27 bits per heavy atom. The molecule has 2 N–H and O–H groups in total. The highest BCUT2D eigenvalue weighted by molar-refractivity contribution is 6.32. The zero-order chi connectivity index (χ0) is 28.6. The number of hydrogen-bond acceptors (Lipinski definition) is 7. The van der Waals surface area contributed by atoms with Gasteiger partial charge in [0.25, 0.3) is 11.8 Å². The lowest BCUT2D eigenvalue weighted by molar-refractivity contribution is -0.118. The second kappa shape index (κ2) is 12.6. The molecule has 0 aliphatic carbocycles. The minimum absolute atomic E-state index is 0.117. The first kappa shape index (κ1) is 27.9. The number of aromatic carboxylic acids is 1. The highest BCUT2D eigenvalue weighted by atomic mass is 16.5. The third kappa shape index (κ3) is 6.65. The molecule has 0 saturated carbocycles. The van der Waals surface area contributed by atoms with Crippen molar-refractivity contribution in [1.29, 1.82) is 0 Å². The fourth-order valence-electron chi connectivity index (χ4n) is 3.91. The SMILES string of the molecule is CCOc1ccc(NC(=O)COc2ccc(C=C3C(=O)N(c4ccc(C(=O)O)cc4)N=C3C)cc2OCC)cc1. The van der Waals surface area contributed by atoms with Crippen LogP contribution in [0.1, 0.15) is 36.7 Å². The summed E-state index contributed by atoms with van der Waals surface area (Å²) in [5, 5.41) is 17.5. The van der Waals surface area contributed by atoms with Gasteiger partial charge in [-0.1, -0.05) is 6.07 Å². The van der Waals surface area contributed by atoms with E-state index < -0.39 is 5.97 Å². The smallest absolute Gasteiger partial charge is 0.335 e. The predicted molar refractivity (Wildman–Crippen MR) is 151 cm³/mol. The number of rotatable bonds is 11. The third-order valence-electron chi connectivity index (χ3n) is 5.81. The molecule has 3 aromatic rings. The quantitative estimate of drug-likeness (QED) is 0.326. The van der Waals surface area contributed by atoms with Crippen LogP contribution in [-0.2, 0) is 9.59 Å². The molecule has 4 rings (SSSR count). The van der Waals surface area contributed by atoms with Gasteiger partial charge in [-0.3, -0.25) is 9.59 Å². The van der Waals surface area contributed by atoms with Gasteiger partial charge in [-0.2, -0.15) is 10.1 Å². The van der Waals surface area contributed by atoms with E-state index in [-0.39, 0.29) is 24.0 Å². The van der Waals surface area contributed by atoms with Gasteiger partial charge in [0, 0.05) is 5.69 Å². The van der Waals surface area contributed by atoms with Crippen molar-refractivity contribution in [2.75, 3.05) is 30.1 Å². The van der Waals surface area contributed by atoms with Crippen LogP contribution in [0.4, 0.5) is 11.4 Å². The molecule has 0 fully saturated rings. The van der Waals surface area contributed by atoms with Crippen LogP contribution in [0.25, 0.3) is 6.08 Å². The first-order valence-corrected chi connectivity index (χ1v) is 12.7. The number of carboxylic acid groups (broad SMARTS) is 1. The number of benzene rings is 3. The van der Waals surface area contributed by atoms with Gasteiger partial charge in [0.05, 0.1) is 35.7 Å². The second-order valence-corrected chi connectivity index (χ2v) is 8.65. The molecule has 206 valence electrons. The Hall–Kier alpha value is -5.12. The molecular weight excluding hydrogens is 514 g/mol. The lowest BCUT2D eigenvalue weighted by Crippen LogP contribution is -2.21. The Kier molecular flexibility index (Phi) is 8.80. The molecule has 0 atom stereocenters. The maximum atomic E-state index is 13.1. The average Bonchev–Trinajstić information content (AvgIpc) is 3.22. The zero-order valence-electron chi connectivity index (χ0n) is 22.3. The summed E-state index contributed by atoms with van der Waals surface area (Å²) in [6, 6.07) is 18.1. The van der Waals surface area contributed by atoms with Gasteiger partial charge in [0.15, 0.2) is 18.1 Å². The van der Waals surface area contributed by atoms with Gasteiger partial charge < -0.3 is 24.6 Å². The maximum Gasteiger partial charge on any atom is 0.335 e. The van der Waals surface area contributed by atoms with Crippen LogP contribution in [-0.4, -0.2) is 48.4 Å². The van der Waals surface area contributed by atoms with Gasteiger partial charge in [0.2, 0.25) is 0 Å². The second-order valence-electron chi connectivity index (χ2n) is 8.65. The van der Waals surface area contributed by atoms with Crippen molar-refractivity contribution in [3.63, 3.8) is 0 Å². The Balaban J connectivity index is 1.44. The number of amides is 2. The standard InChI is InChI=1S/C30H29N3O7/c1-4-38-24-13-9-22(10-14-24)31-28(34)18-40-26-15-6-20(17-27(26)39-5-2)16-25-19(3)32-33(29(25)35)23-11-7-21(8-12-23)30(36)37/h6-17H,4-5,18H2,1-3H3,(H,31,34)(H,36,37). The first-order valence-electron chi connectivity index (χ1n) is 12.7. The molecule has 3 aromatic carbocycles. The van der Waals surface area contributed by atoms with E-state index in [4.69, 9.17) is 19.3 Å². The number of carbonyl (C=O) groups excluding carboxylic acids is 2. The number of nitrogens with one attached hydrogen (secondary N) is 1. The highest BCUT2D eigenvalue weighted by Crippen LogP contribution is 2.31. The fraction of sp³-hybridized carbons (Fsp3) is 0.200. The van der Waals surface area contributed by atoms with Crippen molar-refractivity contribution in [3.8, 4) is 17.2 Å². The van der Waals surface area contributed by atoms with Crippen LogP contribution in [0, 0.1) is 0 Å². The molecule has 0 saturated heterocycles. The summed E-state index contributed by atoms with van der Waals surface area (Å²) >= 11 is 0. The van der Waals surface area contributed by atoms with Gasteiger partial charge in [0.1, 0.15) is 5.75 Å². The van der Waals surface area contributed by atoms with Crippen molar-refractivity contribution in [3.05, 3.63) is 83.4 Å². The predicted octanol–water partition coefficient (Wildman–Crippen LogP) is 5.01. The fourth-order valence-corrected chi connectivity index (χ4v) is 3.91. The first-order chi connectivity index (χ1) is 19.3. The molecule has 1 aliphatic rings. The lowest BCUT2D eigenvalue weighted by Gasteiger charge is -2.13. The minimum atomic E-state index is -1.05. The number of carboxylic acids is 1. The van der Waals surface area contributed by atoms with Crippen LogP contribution in [0.2, 0.25) is 0 Å². The molecule has 10 nitrogen and oxygen atoms in total. The zero-order valence-corrected chi connectivity index (χ0v) is 22.3. The van der Waals surface area contributed by atoms with E-state index in [1.807, 2.05) is 13.8 Å². The van der Waals surface area contributed by atoms with Gasteiger partial charge >= 0.3 is 5.97 Å². The molecule has 2 amide bonds. The molecule has 1 heterocycles. The summed E-state index contributed by atoms with van der Waals surface area (Å²) in [7, 11) is 0. The number of nitrogens with zero attached hydrogens (tertiary/aromatic N) is 2. The Morgan fingerprint density at radius 2 is 1.62 bits per heavy atom. The van der Waals surface area contributed by atoms with E-state index in [0.717, 1.165) is 5.75 Å². The maximum absolute atomic E-state index is 13.1. The van der Waals surface area contributed by atoms with Crippen LogP contribution in [0.5, 0.6) is 17.2 Å². The van der Waals surface area contributed by atoms with E-state index in [1.165, 1.54) is 29.3 Å². The van der Waals surface area contributed by atoms with Gasteiger partial charge in [-0.15, -0.1) is 0 Å². The van der Waals surface area contributed by atoms with Crippen molar-refractivity contribution in [1.82, 2.24) is 0 Å². The molecule has 0 unspecified atom stereocenters. The molecule has 0 aromatic heterocycles. The van der Waals surface area contributed by atoms with E-state index >= 15 is 0 Å². The topological polar surface area (TPSA) is 127 Å². The lowest BCUT2D eigenvalue weighted by atomic mass is 10.1. The van der Waals surface area contributed by atoms with Crippen molar-refractivity contribution in [2.45, 2.75) is 20.8 Å². The number of carbonyl (C=O) groups is 3. The molecule has 0 radical (unpaired) electrons. The molecule has 10 heteroatoms. The normalized spacial score (nSPS) is 13.7. The van der Waals surface area contributed by atoms with E-state index in [1.54, 1.807) is 55.5 Å². The summed E-state index contributed by atoms with van der Waals surface area (Å²) in [6.45, 7) is 6.15. The van der Waals surface area contributed by atoms with E-state index in [2.05, 4.69) is 10.4 Å². The molecule has 40 heavy (non-hydrogen) atoms. The minimum Gasteiger partial charge on any atom is -0.494 e.